The first-order valence-electron chi connectivity index (χ1n) is 14.2. The molecule has 3 atom stereocenters. The number of ether oxygens (including phenoxy) is 2. The predicted molar refractivity (Wildman–Crippen MR) is 165 cm³/mol. The maximum absolute atomic E-state index is 13.9. The van der Waals surface area contributed by atoms with Crippen molar-refractivity contribution in [1.82, 2.24) is 15.5 Å². The first-order chi connectivity index (χ1) is 21.2. The highest BCUT2D eigenvalue weighted by molar-refractivity contribution is 7.99. The maximum atomic E-state index is 13.9. The number of hydrogen-bond donors (Lipinski definition) is 2. The molecule has 0 radical (unpaired) electrons. The van der Waals surface area contributed by atoms with Gasteiger partial charge in [-0.05, 0) is 37.0 Å². The lowest BCUT2D eigenvalue weighted by Crippen LogP contribution is -2.54. The Labute approximate surface area is 260 Å². The fourth-order valence-corrected chi connectivity index (χ4v) is 5.69. The van der Waals surface area contributed by atoms with Crippen molar-refractivity contribution in [2.75, 3.05) is 11.6 Å². The summed E-state index contributed by atoms with van der Waals surface area (Å²) in [4.78, 5) is 67.4. The van der Waals surface area contributed by atoms with Crippen molar-refractivity contribution in [3.63, 3.8) is 0 Å². The molecule has 3 aromatic rings. The summed E-state index contributed by atoms with van der Waals surface area (Å²) in [6.07, 6.45) is -2.12. The number of hydrogen-bond acceptors (Lipinski definition) is 8. The zero-order valence-electron chi connectivity index (χ0n) is 24.5. The Morgan fingerprint density at radius 2 is 1.45 bits per heavy atom. The van der Waals surface area contributed by atoms with Crippen LogP contribution in [0.1, 0.15) is 36.6 Å². The highest BCUT2D eigenvalue weighted by Crippen LogP contribution is 2.26. The van der Waals surface area contributed by atoms with E-state index in [9.17, 15) is 24.0 Å². The second kappa shape index (κ2) is 15.7. The number of rotatable bonds is 12. The van der Waals surface area contributed by atoms with E-state index in [-0.39, 0.29) is 18.9 Å². The molecule has 1 heterocycles. The first kappa shape index (κ1) is 32.3. The lowest BCUT2D eigenvalue weighted by molar-refractivity contribution is -0.160. The molecule has 10 nitrogen and oxygen atoms in total. The molecule has 2 N–H and O–H groups in total. The number of carbonyl (C=O) groups excluding carboxylic acids is 5. The highest BCUT2D eigenvalue weighted by Gasteiger charge is 2.39. The molecule has 11 heteroatoms. The van der Waals surface area contributed by atoms with E-state index in [1.54, 1.807) is 74.5 Å². The SMILES string of the molecule is CC(C)OC(=O)C(=O)[C@H](Cc1ccccc1)C(=O)N[C@H]1CSCN1C(=O)[C@@H](NC(=O)OCc1ccccc1)c1ccccc1. The molecule has 44 heavy (non-hydrogen) atoms. The Kier molecular flexibility index (Phi) is 11.5. The summed E-state index contributed by atoms with van der Waals surface area (Å²) < 4.78 is 10.5. The summed E-state index contributed by atoms with van der Waals surface area (Å²) in [5.74, 6) is -3.99. The van der Waals surface area contributed by atoms with Gasteiger partial charge in [0.05, 0.1) is 12.0 Å². The number of alkyl carbamates (subject to hydrolysis) is 1. The Morgan fingerprint density at radius 1 is 0.864 bits per heavy atom. The largest absolute Gasteiger partial charge is 0.457 e. The molecule has 0 aromatic heterocycles. The predicted octanol–water partition coefficient (Wildman–Crippen LogP) is 4.01. The van der Waals surface area contributed by atoms with Gasteiger partial charge in [0.25, 0.3) is 11.7 Å². The Bertz CT molecular complexity index is 1440. The average Bonchev–Trinajstić information content (AvgIpc) is 3.50. The number of ketones is 1. The van der Waals surface area contributed by atoms with Gasteiger partial charge in [-0.3, -0.25) is 14.4 Å². The zero-order chi connectivity index (χ0) is 31.5. The van der Waals surface area contributed by atoms with Gasteiger partial charge >= 0.3 is 12.1 Å². The quantitative estimate of drug-likeness (QED) is 0.177. The van der Waals surface area contributed by atoms with Crippen molar-refractivity contribution in [3.8, 4) is 0 Å². The molecule has 1 aliphatic heterocycles. The van der Waals surface area contributed by atoms with Crippen LogP contribution in [0.25, 0.3) is 0 Å². The Hall–Kier alpha value is -4.64. The monoisotopic (exact) mass is 617 g/mol. The molecule has 3 aromatic carbocycles. The summed E-state index contributed by atoms with van der Waals surface area (Å²) in [5.41, 5.74) is 2.01. The van der Waals surface area contributed by atoms with Crippen molar-refractivity contribution in [3.05, 3.63) is 108 Å². The third-order valence-corrected chi connectivity index (χ3v) is 7.80. The van der Waals surface area contributed by atoms with Crippen LogP contribution in [-0.4, -0.2) is 58.5 Å². The van der Waals surface area contributed by atoms with E-state index >= 15 is 0 Å². The van der Waals surface area contributed by atoms with E-state index in [1.807, 2.05) is 30.3 Å². The van der Waals surface area contributed by atoms with E-state index < -0.39 is 53.9 Å². The Balaban J connectivity index is 1.50. The van der Waals surface area contributed by atoms with E-state index in [4.69, 9.17) is 9.47 Å². The minimum Gasteiger partial charge on any atom is -0.457 e. The van der Waals surface area contributed by atoms with Gasteiger partial charge in [0.2, 0.25) is 5.91 Å². The summed E-state index contributed by atoms with van der Waals surface area (Å²) in [5, 5.41) is 5.47. The molecule has 0 saturated carbocycles. The fourth-order valence-electron chi connectivity index (χ4n) is 4.59. The average molecular weight is 618 g/mol. The van der Waals surface area contributed by atoms with Gasteiger partial charge in [0.15, 0.2) is 0 Å². The van der Waals surface area contributed by atoms with Crippen LogP contribution < -0.4 is 10.6 Å². The molecule has 0 aliphatic carbocycles. The second-order valence-corrected chi connectivity index (χ2v) is 11.4. The van der Waals surface area contributed by atoms with Crippen LogP contribution in [-0.2, 0) is 41.7 Å². The summed E-state index contributed by atoms with van der Waals surface area (Å²) in [6.45, 7) is 3.26. The molecule has 4 rings (SSSR count). The van der Waals surface area contributed by atoms with Crippen LogP contribution in [0, 0.1) is 5.92 Å². The number of amides is 3. The molecular weight excluding hydrogens is 582 g/mol. The van der Waals surface area contributed by atoms with E-state index in [0.29, 0.717) is 16.9 Å². The van der Waals surface area contributed by atoms with Gasteiger partial charge in [-0.25, -0.2) is 9.59 Å². The number of nitrogens with one attached hydrogen (secondary N) is 2. The third kappa shape index (κ3) is 8.93. The molecule has 0 unspecified atom stereocenters. The standard InChI is InChI=1S/C33H35N3O7S/c1-22(2)43-32(40)29(37)26(18-23-12-6-3-7-13-23)30(38)34-27-20-44-21-36(27)31(39)28(25-16-10-5-11-17-25)35-33(41)42-19-24-14-8-4-9-15-24/h3-17,22,26-28H,18-21H2,1-2H3,(H,34,38)(H,35,41)/t26-,27+,28-/m0/s1. The Morgan fingerprint density at radius 3 is 2.07 bits per heavy atom. The minimum absolute atomic E-state index is 0.0199. The number of nitrogens with zero attached hydrogens (tertiary/aromatic N) is 1. The topological polar surface area (TPSA) is 131 Å². The summed E-state index contributed by atoms with van der Waals surface area (Å²) >= 11 is 1.41. The maximum Gasteiger partial charge on any atom is 0.408 e. The third-order valence-electron chi connectivity index (χ3n) is 6.79. The summed E-state index contributed by atoms with van der Waals surface area (Å²) in [6, 6.07) is 25.7. The number of carbonyl (C=O) groups is 5. The second-order valence-electron chi connectivity index (χ2n) is 10.4. The fraction of sp³-hybridized carbons (Fsp3) is 0.303. The van der Waals surface area contributed by atoms with Crippen LogP contribution >= 0.6 is 11.8 Å². The first-order valence-corrected chi connectivity index (χ1v) is 15.4. The molecule has 0 spiro atoms. The van der Waals surface area contributed by atoms with Crippen LogP contribution in [0.2, 0.25) is 0 Å². The van der Waals surface area contributed by atoms with Gasteiger partial charge in [0.1, 0.15) is 24.7 Å². The van der Waals surface area contributed by atoms with Crippen molar-refractivity contribution in [2.45, 2.75) is 45.2 Å². The lowest BCUT2D eigenvalue weighted by atomic mass is 9.94. The smallest absolute Gasteiger partial charge is 0.408 e. The molecular formula is C33H35N3O7S. The van der Waals surface area contributed by atoms with Gasteiger partial charge < -0.3 is 25.0 Å². The van der Waals surface area contributed by atoms with Gasteiger partial charge in [0, 0.05) is 5.75 Å². The lowest BCUT2D eigenvalue weighted by Gasteiger charge is -2.30. The molecule has 3 amide bonds. The molecule has 1 saturated heterocycles. The molecule has 1 aliphatic rings. The molecule has 1 fully saturated rings. The number of Topliss-reactive ketones (excluding diaryl/α,β-unsaturated/α-hetero) is 1. The van der Waals surface area contributed by atoms with Crippen LogP contribution in [0.5, 0.6) is 0 Å². The van der Waals surface area contributed by atoms with Gasteiger partial charge in [-0.2, -0.15) is 0 Å². The van der Waals surface area contributed by atoms with E-state index in [1.165, 1.54) is 16.7 Å². The van der Waals surface area contributed by atoms with E-state index in [0.717, 1.165) is 5.56 Å². The van der Waals surface area contributed by atoms with E-state index in [2.05, 4.69) is 10.6 Å². The van der Waals surface area contributed by atoms with Gasteiger partial charge in [-0.1, -0.05) is 91.0 Å². The van der Waals surface area contributed by atoms with Crippen molar-refractivity contribution < 1.29 is 33.4 Å². The minimum atomic E-state index is -1.36. The zero-order valence-corrected chi connectivity index (χ0v) is 25.3. The van der Waals surface area contributed by atoms with Gasteiger partial charge in [-0.15, -0.1) is 11.8 Å². The summed E-state index contributed by atoms with van der Waals surface area (Å²) in [7, 11) is 0. The molecule has 230 valence electrons. The van der Waals surface area contributed by atoms with Crippen molar-refractivity contribution in [2.24, 2.45) is 5.92 Å². The normalized spacial score (nSPS) is 15.6. The van der Waals surface area contributed by atoms with Crippen LogP contribution in [0.3, 0.4) is 0 Å². The number of thioether (sulfide) groups is 1. The number of benzene rings is 3. The van der Waals surface area contributed by atoms with Crippen LogP contribution in [0.15, 0.2) is 91.0 Å². The van der Waals surface area contributed by atoms with Crippen molar-refractivity contribution >= 4 is 41.4 Å². The number of esters is 1. The molecule has 0 bridgehead atoms. The van der Waals surface area contributed by atoms with Crippen LogP contribution in [0.4, 0.5) is 4.79 Å². The highest BCUT2D eigenvalue weighted by atomic mass is 32.2. The van der Waals surface area contributed by atoms with Crippen molar-refractivity contribution in [1.29, 1.82) is 0 Å².